The van der Waals surface area contributed by atoms with Gasteiger partial charge in [-0.05, 0) is 30.7 Å². The molecule has 0 bridgehead atoms. The number of carbonyl (C=O) groups excluding carboxylic acids is 3. The maximum atomic E-state index is 12.8. The van der Waals surface area contributed by atoms with Gasteiger partial charge in [-0.2, -0.15) is 0 Å². The van der Waals surface area contributed by atoms with Crippen LogP contribution in [0.1, 0.15) is 22.8 Å². The molecule has 3 N–H and O–H groups in total. The second-order valence-electron chi connectivity index (χ2n) is 6.88. The van der Waals surface area contributed by atoms with Crippen LogP contribution in [0, 0.1) is 0 Å². The third kappa shape index (κ3) is 3.82. The highest BCUT2D eigenvalue weighted by atomic mass is 16.2. The highest BCUT2D eigenvalue weighted by Gasteiger charge is 2.29. The molecule has 0 spiro atoms. The zero-order chi connectivity index (χ0) is 22.0. The molecule has 3 aromatic rings. The van der Waals surface area contributed by atoms with Crippen molar-refractivity contribution >= 4 is 34.7 Å². The number of hydrogen-bond acceptors (Lipinski definition) is 6. The smallest absolute Gasteiger partial charge is 0.324 e. The maximum absolute atomic E-state index is 12.8. The van der Waals surface area contributed by atoms with Crippen LogP contribution in [0.5, 0.6) is 0 Å². The van der Waals surface area contributed by atoms with Crippen molar-refractivity contribution < 1.29 is 14.4 Å². The summed E-state index contributed by atoms with van der Waals surface area (Å²) in [5, 5.41) is 2.94. The van der Waals surface area contributed by atoms with E-state index in [1.807, 2.05) is 0 Å². The van der Waals surface area contributed by atoms with Gasteiger partial charge in [-0.1, -0.05) is 30.3 Å². The molecule has 1 fully saturated rings. The monoisotopic (exact) mass is 420 g/mol. The summed E-state index contributed by atoms with van der Waals surface area (Å²) < 4.78 is 1.42. The van der Waals surface area contributed by atoms with Crippen molar-refractivity contribution in [2.24, 2.45) is 0 Å². The Morgan fingerprint density at radius 3 is 2.58 bits per heavy atom. The number of fused-ring (bicyclic) bond motifs is 1. The number of hydrazine groups is 1. The summed E-state index contributed by atoms with van der Waals surface area (Å²) in [5.74, 6) is -0.649. The summed E-state index contributed by atoms with van der Waals surface area (Å²) in [7, 11) is 0. The van der Waals surface area contributed by atoms with Crippen molar-refractivity contribution in [3.05, 3.63) is 70.0 Å². The van der Waals surface area contributed by atoms with Gasteiger partial charge < -0.3 is 5.32 Å². The van der Waals surface area contributed by atoms with Gasteiger partial charge in [-0.15, -0.1) is 0 Å². The first kappa shape index (κ1) is 20.1. The van der Waals surface area contributed by atoms with Gasteiger partial charge in [0.2, 0.25) is 11.9 Å². The van der Waals surface area contributed by atoms with Gasteiger partial charge in [0.15, 0.2) is 0 Å². The van der Waals surface area contributed by atoms with Crippen LogP contribution >= 0.6 is 0 Å². The fourth-order valence-electron chi connectivity index (χ4n) is 3.40. The molecule has 1 aliphatic heterocycles. The molecule has 0 saturated carbocycles. The molecule has 0 aliphatic carbocycles. The van der Waals surface area contributed by atoms with E-state index in [-0.39, 0.29) is 36.1 Å². The molecule has 1 aromatic heterocycles. The molecule has 1 saturated heterocycles. The number of para-hydroxylation sites is 1. The standard InChI is InChI=1S/C21H20N6O4/c1-2-26-19(30)15-9-5-6-10-16(15)23-20(26)25-24-18(29)14-8-4-3-7-13(14)12-27-17(28)11-22-21(27)31/h3-10H,2,11-12H2,1H3,(H,22,31)(H,23,25)(H,24,29). The van der Waals surface area contributed by atoms with Crippen molar-refractivity contribution in [3.63, 3.8) is 0 Å². The van der Waals surface area contributed by atoms with Crippen LogP contribution in [0.25, 0.3) is 10.9 Å². The summed E-state index contributed by atoms with van der Waals surface area (Å²) >= 11 is 0. The van der Waals surface area contributed by atoms with E-state index in [0.717, 1.165) is 4.90 Å². The number of carbonyl (C=O) groups is 3. The van der Waals surface area contributed by atoms with Crippen LogP contribution < -0.4 is 21.7 Å². The van der Waals surface area contributed by atoms with Crippen LogP contribution in [-0.2, 0) is 17.9 Å². The number of nitrogens with zero attached hydrogens (tertiary/aromatic N) is 3. The number of nitrogens with one attached hydrogen (secondary N) is 3. The van der Waals surface area contributed by atoms with E-state index < -0.39 is 11.9 Å². The molecule has 0 atom stereocenters. The first-order valence-corrected chi connectivity index (χ1v) is 9.71. The van der Waals surface area contributed by atoms with Crippen molar-refractivity contribution in [1.29, 1.82) is 0 Å². The molecule has 1 aliphatic rings. The Kier molecular flexibility index (Phi) is 5.35. The predicted molar refractivity (Wildman–Crippen MR) is 113 cm³/mol. The largest absolute Gasteiger partial charge is 0.329 e. The van der Waals surface area contributed by atoms with Crippen LogP contribution in [0.4, 0.5) is 10.7 Å². The van der Waals surface area contributed by atoms with E-state index in [1.54, 1.807) is 55.5 Å². The predicted octanol–water partition coefficient (Wildman–Crippen LogP) is 1.23. The third-order valence-electron chi connectivity index (χ3n) is 4.99. The fourth-order valence-corrected chi connectivity index (χ4v) is 3.40. The lowest BCUT2D eigenvalue weighted by atomic mass is 10.1. The van der Waals surface area contributed by atoms with Crippen LogP contribution in [0.2, 0.25) is 0 Å². The lowest BCUT2D eigenvalue weighted by molar-refractivity contribution is -0.125. The van der Waals surface area contributed by atoms with Gasteiger partial charge in [0.1, 0.15) is 0 Å². The molecular formula is C21H20N6O4. The molecule has 31 heavy (non-hydrogen) atoms. The Hall–Kier alpha value is -4.21. The number of imide groups is 1. The number of aromatic nitrogens is 2. The minimum Gasteiger partial charge on any atom is -0.329 e. The SMILES string of the molecule is CCn1c(NNC(=O)c2ccccc2CN2C(=O)CNC2=O)nc2ccccc2c1=O. The minimum absolute atomic E-state index is 0.0256. The van der Waals surface area contributed by atoms with E-state index in [1.165, 1.54) is 4.57 Å². The molecule has 0 unspecified atom stereocenters. The Bertz CT molecular complexity index is 1240. The van der Waals surface area contributed by atoms with E-state index in [9.17, 15) is 19.2 Å². The summed E-state index contributed by atoms with van der Waals surface area (Å²) in [6.45, 7) is 2.08. The highest BCUT2D eigenvalue weighted by Crippen LogP contribution is 2.15. The van der Waals surface area contributed by atoms with Crippen LogP contribution in [0.15, 0.2) is 53.3 Å². The summed E-state index contributed by atoms with van der Waals surface area (Å²) in [6.07, 6.45) is 0. The quantitative estimate of drug-likeness (QED) is 0.407. The Balaban J connectivity index is 1.57. The van der Waals surface area contributed by atoms with Gasteiger partial charge in [0.05, 0.1) is 24.0 Å². The van der Waals surface area contributed by atoms with Gasteiger partial charge in [-0.25, -0.2) is 9.78 Å². The number of rotatable bonds is 6. The first-order chi connectivity index (χ1) is 15.0. The number of urea groups is 1. The molecule has 2 aromatic carbocycles. The lowest BCUT2D eigenvalue weighted by Crippen LogP contribution is -2.36. The van der Waals surface area contributed by atoms with Crippen LogP contribution in [0.3, 0.4) is 0 Å². The average Bonchev–Trinajstić information content (AvgIpc) is 3.10. The minimum atomic E-state index is -0.495. The molecule has 0 radical (unpaired) electrons. The third-order valence-corrected chi connectivity index (χ3v) is 4.99. The van der Waals surface area contributed by atoms with E-state index in [4.69, 9.17) is 0 Å². The first-order valence-electron chi connectivity index (χ1n) is 9.71. The van der Waals surface area contributed by atoms with Crippen molar-refractivity contribution in [1.82, 2.24) is 25.2 Å². The zero-order valence-electron chi connectivity index (χ0n) is 16.7. The number of benzene rings is 2. The number of anilines is 1. The topological polar surface area (TPSA) is 125 Å². The second-order valence-corrected chi connectivity index (χ2v) is 6.88. The molecule has 4 rings (SSSR count). The summed E-state index contributed by atoms with van der Waals surface area (Å²) in [5.41, 5.74) is 6.36. The maximum Gasteiger partial charge on any atom is 0.324 e. The van der Waals surface area contributed by atoms with E-state index in [0.29, 0.717) is 23.0 Å². The zero-order valence-corrected chi connectivity index (χ0v) is 16.7. The summed E-state index contributed by atoms with van der Waals surface area (Å²) in [4.78, 5) is 54.7. The Morgan fingerprint density at radius 2 is 1.84 bits per heavy atom. The molecular weight excluding hydrogens is 400 g/mol. The number of hydrogen-bond donors (Lipinski definition) is 3. The van der Waals surface area contributed by atoms with Crippen molar-refractivity contribution in [3.8, 4) is 0 Å². The number of amides is 4. The highest BCUT2D eigenvalue weighted by molar-refractivity contribution is 6.02. The van der Waals surface area contributed by atoms with Gasteiger partial charge >= 0.3 is 6.03 Å². The van der Waals surface area contributed by atoms with Crippen LogP contribution in [-0.4, -0.2) is 38.8 Å². The fraction of sp³-hybridized carbons (Fsp3) is 0.190. The average molecular weight is 420 g/mol. The molecule has 4 amide bonds. The van der Waals surface area contributed by atoms with Crippen molar-refractivity contribution in [2.75, 3.05) is 12.0 Å². The van der Waals surface area contributed by atoms with E-state index in [2.05, 4.69) is 21.2 Å². The second kappa shape index (κ2) is 8.27. The molecule has 2 heterocycles. The van der Waals surface area contributed by atoms with Gasteiger partial charge in [0, 0.05) is 12.1 Å². The molecule has 10 heteroatoms. The Morgan fingerprint density at radius 1 is 1.10 bits per heavy atom. The van der Waals surface area contributed by atoms with Gasteiger partial charge in [0.25, 0.3) is 11.5 Å². The van der Waals surface area contributed by atoms with Gasteiger partial charge in [-0.3, -0.25) is 34.7 Å². The summed E-state index contributed by atoms with van der Waals surface area (Å²) in [6, 6.07) is 13.1. The molecule has 10 nitrogen and oxygen atoms in total. The lowest BCUT2D eigenvalue weighted by Gasteiger charge is -2.17. The molecule has 158 valence electrons. The normalized spacial score (nSPS) is 13.4. The van der Waals surface area contributed by atoms with Crippen molar-refractivity contribution in [2.45, 2.75) is 20.0 Å². The Labute approximate surface area is 176 Å². The van der Waals surface area contributed by atoms with E-state index >= 15 is 0 Å².